The molecule has 1 amide bonds. The molecule has 1 aromatic rings. The van der Waals surface area contributed by atoms with Crippen LogP contribution in [0.3, 0.4) is 0 Å². The van der Waals surface area contributed by atoms with Crippen LogP contribution in [0.5, 0.6) is 0 Å². The summed E-state index contributed by atoms with van der Waals surface area (Å²) in [7, 11) is 0. The molecule has 0 atom stereocenters. The molecule has 0 aromatic heterocycles. The maximum Gasteiger partial charge on any atom is 0.253 e. The number of benzene rings is 1. The van der Waals surface area contributed by atoms with Gasteiger partial charge in [0.05, 0.1) is 0 Å². The first-order valence-corrected chi connectivity index (χ1v) is 11.1. The van der Waals surface area contributed by atoms with Crippen molar-refractivity contribution in [3.8, 4) is 0 Å². The van der Waals surface area contributed by atoms with Crippen molar-refractivity contribution in [3.63, 3.8) is 0 Å². The van der Waals surface area contributed by atoms with Gasteiger partial charge in [-0.2, -0.15) is 0 Å². The Balaban J connectivity index is 1.28. The highest BCUT2D eigenvalue weighted by molar-refractivity contribution is 5.94. The molecule has 3 fully saturated rings. The number of hydrogen-bond donors (Lipinski definition) is 0. The van der Waals surface area contributed by atoms with Crippen molar-refractivity contribution in [3.05, 3.63) is 35.4 Å². The van der Waals surface area contributed by atoms with Crippen molar-refractivity contribution >= 4 is 5.91 Å². The molecule has 1 aromatic carbocycles. The van der Waals surface area contributed by atoms with Crippen molar-refractivity contribution < 1.29 is 4.79 Å². The average Bonchev–Trinajstić information content (AvgIpc) is 2.75. The lowest BCUT2D eigenvalue weighted by molar-refractivity contribution is 0.0523. The van der Waals surface area contributed by atoms with Crippen molar-refractivity contribution in [1.82, 2.24) is 14.7 Å². The molecule has 1 saturated carbocycles. The minimum absolute atomic E-state index is 0.211. The predicted octanol–water partition coefficient (Wildman–Crippen LogP) is 3.76. The summed E-state index contributed by atoms with van der Waals surface area (Å²) in [6.07, 6.45) is 10.9. The van der Waals surface area contributed by atoms with E-state index in [9.17, 15) is 4.79 Å². The van der Waals surface area contributed by atoms with Crippen LogP contribution in [0.15, 0.2) is 24.3 Å². The van der Waals surface area contributed by atoms with Gasteiger partial charge in [0.2, 0.25) is 0 Å². The molecule has 27 heavy (non-hydrogen) atoms. The molecule has 148 valence electrons. The zero-order valence-corrected chi connectivity index (χ0v) is 16.7. The van der Waals surface area contributed by atoms with Crippen LogP contribution >= 0.6 is 0 Å². The van der Waals surface area contributed by atoms with Crippen molar-refractivity contribution in [2.24, 2.45) is 0 Å². The minimum Gasteiger partial charge on any atom is -0.336 e. The molecule has 4 nitrogen and oxygen atoms in total. The number of amides is 1. The number of carbonyl (C=O) groups is 1. The Hall–Kier alpha value is -1.39. The Morgan fingerprint density at radius 1 is 0.778 bits per heavy atom. The van der Waals surface area contributed by atoms with Gasteiger partial charge in [-0.1, -0.05) is 37.8 Å². The largest absolute Gasteiger partial charge is 0.336 e. The Labute approximate surface area is 164 Å². The third kappa shape index (κ3) is 4.91. The summed E-state index contributed by atoms with van der Waals surface area (Å²) in [5, 5.41) is 0. The van der Waals surface area contributed by atoms with Crippen LogP contribution in [-0.4, -0.2) is 65.9 Å². The fourth-order valence-corrected chi connectivity index (χ4v) is 5.05. The Morgan fingerprint density at radius 3 is 2.07 bits per heavy atom. The first kappa shape index (κ1) is 18.9. The van der Waals surface area contributed by atoms with E-state index in [2.05, 4.69) is 26.8 Å². The SMILES string of the molecule is O=C(c1ccc(CN2CCCCC2)cc1)N1CCN(C2CCCCC2)CC1. The first-order chi connectivity index (χ1) is 13.3. The third-order valence-corrected chi connectivity index (χ3v) is 6.75. The predicted molar refractivity (Wildman–Crippen MR) is 110 cm³/mol. The van der Waals surface area contributed by atoms with Gasteiger partial charge >= 0.3 is 0 Å². The topological polar surface area (TPSA) is 26.8 Å². The van der Waals surface area contributed by atoms with Crippen LogP contribution in [0.1, 0.15) is 67.3 Å². The van der Waals surface area contributed by atoms with Gasteiger partial charge in [0.25, 0.3) is 5.91 Å². The zero-order chi connectivity index (χ0) is 18.5. The smallest absolute Gasteiger partial charge is 0.253 e. The fourth-order valence-electron chi connectivity index (χ4n) is 5.05. The van der Waals surface area contributed by atoms with Gasteiger partial charge in [0.15, 0.2) is 0 Å². The number of carbonyl (C=O) groups excluding carboxylic acids is 1. The summed E-state index contributed by atoms with van der Waals surface area (Å²) in [5.74, 6) is 0.211. The monoisotopic (exact) mass is 369 g/mol. The van der Waals surface area contributed by atoms with E-state index in [0.717, 1.165) is 44.3 Å². The van der Waals surface area contributed by atoms with E-state index in [4.69, 9.17) is 0 Å². The molecule has 0 N–H and O–H groups in total. The van der Waals surface area contributed by atoms with Crippen LogP contribution < -0.4 is 0 Å². The summed E-state index contributed by atoms with van der Waals surface area (Å²) in [5.41, 5.74) is 2.18. The Kier molecular flexibility index (Phi) is 6.46. The molecule has 1 aliphatic carbocycles. The van der Waals surface area contributed by atoms with E-state index >= 15 is 0 Å². The van der Waals surface area contributed by atoms with Crippen molar-refractivity contribution in [2.75, 3.05) is 39.3 Å². The second-order valence-corrected chi connectivity index (χ2v) is 8.65. The molecule has 0 unspecified atom stereocenters. The van der Waals surface area contributed by atoms with E-state index in [0.29, 0.717) is 0 Å². The van der Waals surface area contributed by atoms with Crippen LogP contribution in [0.2, 0.25) is 0 Å². The molecule has 4 heteroatoms. The third-order valence-electron chi connectivity index (χ3n) is 6.75. The maximum atomic E-state index is 12.9. The molecular weight excluding hydrogens is 334 g/mol. The van der Waals surface area contributed by atoms with E-state index < -0.39 is 0 Å². The first-order valence-electron chi connectivity index (χ1n) is 11.1. The van der Waals surface area contributed by atoms with E-state index in [-0.39, 0.29) is 5.91 Å². The molecule has 3 aliphatic rings. The number of piperidine rings is 1. The lowest BCUT2D eigenvalue weighted by atomic mass is 9.94. The molecule has 2 heterocycles. The van der Waals surface area contributed by atoms with Crippen LogP contribution in [0, 0.1) is 0 Å². The second kappa shape index (κ2) is 9.20. The number of piperazine rings is 1. The van der Waals surface area contributed by atoms with Crippen LogP contribution in [0.4, 0.5) is 0 Å². The summed E-state index contributed by atoms with van der Waals surface area (Å²) in [4.78, 5) is 20.1. The lowest BCUT2D eigenvalue weighted by Gasteiger charge is -2.40. The van der Waals surface area contributed by atoms with Crippen LogP contribution in [-0.2, 0) is 6.54 Å². The van der Waals surface area contributed by atoms with E-state index in [1.165, 1.54) is 70.0 Å². The summed E-state index contributed by atoms with van der Waals surface area (Å²) >= 11 is 0. The van der Waals surface area contributed by atoms with Gasteiger partial charge in [0, 0.05) is 44.3 Å². The normalized spacial score (nSPS) is 23.5. The van der Waals surface area contributed by atoms with Crippen molar-refractivity contribution in [2.45, 2.75) is 64.0 Å². The summed E-state index contributed by atoms with van der Waals surface area (Å²) < 4.78 is 0. The number of rotatable bonds is 4. The highest BCUT2D eigenvalue weighted by Gasteiger charge is 2.27. The van der Waals surface area contributed by atoms with E-state index in [1.807, 2.05) is 12.1 Å². The maximum absolute atomic E-state index is 12.9. The average molecular weight is 370 g/mol. The standard InChI is InChI=1S/C23H35N3O/c27-23(26-17-15-25(16-18-26)22-7-3-1-4-8-22)21-11-9-20(10-12-21)19-24-13-5-2-6-14-24/h9-12,22H,1-8,13-19H2. The number of hydrogen-bond acceptors (Lipinski definition) is 3. The second-order valence-electron chi connectivity index (χ2n) is 8.65. The van der Waals surface area contributed by atoms with E-state index in [1.54, 1.807) is 0 Å². The molecule has 0 spiro atoms. The summed E-state index contributed by atoms with van der Waals surface area (Å²) in [6, 6.07) is 9.15. The molecule has 2 saturated heterocycles. The molecule has 4 rings (SSSR count). The molecule has 2 aliphatic heterocycles. The van der Waals surface area contributed by atoms with Gasteiger partial charge in [-0.05, 0) is 56.5 Å². The highest BCUT2D eigenvalue weighted by Crippen LogP contribution is 2.24. The van der Waals surface area contributed by atoms with Gasteiger partial charge in [-0.25, -0.2) is 0 Å². The zero-order valence-electron chi connectivity index (χ0n) is 16.7. The van der Waals surface area contributed by atoms with Gasteiger partial charge in [0.1, 0.15) is 0 Å². The Morgan fingerprint density at radius 2 is 1.41 bits per heavy atom. The van der Waals surface area contributed by atoms with Gasteiger partial charge in [-0.3, -0.25) is 14.6 Å². The summed E-state index contributed by atoms with van der Waals surface area (Å²) in [6.45, 7) is 7.30. The van der Waals surface area contributed by atoms with Gasteiger partial charge in [-0.15, -0.1) is 0 Å². The highest BCUT2D eigenvalue weighted by atomic mass is 16.2. The number of likely N-dealkylation sites (tertiary alicyclic amines) is 1. The fraction of sp³-hybridized carbons (Fsp3) is 0.696. The van der Waals surface area contributed by atoms with Crippen molar-refractivity contribution in [1.29, 1.82) is 0 Å². The molecule has 0 radical (unpaired) electrons. The number of nitrogens with zero attached hydrogens (tertiary/aromatic N) is 3. The molecule has 0 bridgehead atoms. The Bertz CT molecular complexity index is 595. The molecular formula is C23H35N3O. The quantitative estimate of drug-likeness (QED) is 0.808. The minimum atomic E-state index is 0.211. The van der Waals surface area contributed by atoms with Crippen LogP contribution in [0.25, 0.3) is 0 Å². The van der Waals surface area contributed by atoms with Gasteiger partial charge < -0.3 is 4.90 Å². The lowest BCUT2D eigenvalue weighted by Crippen LogP contribution is -2.52.